The Bertz CT molecular complexity index is 515. The lowest BCUT2D eigenvalue weighted by atomic mass is 10.1. The molecule has 6 nitrogen and oxygen atoms in total. The van der Waals surface area contributed by atoms with E-state index in [1.807, 2.05) is 14.1 Å². The van der Waals surface area contributed by atoms with Crippen molar-refractivity contribution in [2.45, 2.75) is 26.4 Å². The number of rotatable bonds is 5. The number of nitrogens with zero attached hydrogens (tertiary/aromatic N) is 2. The van der Waals surface area contributed by atoms with Gasteiger partial charge in [-0.15, -0.1) is 0 Å². The normalized spacial score (nSPS) is 11.1. The fourth-order valence-electron chi connectivity index (χ4n) is 1.58. The molecule has 20 heavy (non-hydrogen) atoms. The van der Waals surface area contributed by atoms with Gasteiger partial charge in [0.25, 0.3) is 0 Å². The highest BCUT2D eigenvalue weighted by Crippen LogP contribution is 2.16. The minimum absolute atomic E-state index is 0. The van der Waals surface area contributed by atoms with Crippen molar-refractivity contribution in [2.75, 3.05) is 14.1 Å². The molecule has 1 aromatic heterocycles. The lowest BCUT2D eigenvalue weighted by molar-refractivity contribution is -0.924. The summed E-state index contributed by atoms with van der Waals surface area (Å²) in [4.78, 5) is 25.7. The first-order valence-corrected chi connectivity index (χ1v) is 5.93. The van der Waals surface area contributed by atoms with E-state index in [4.69, 9.17) is 10.2 Å². The van der Waals surface area contributed by atoms with Gasteiger partial charge in [0.05, 0.1) is 25.7 Å². The molecule has 0 radical (unpaired) electrons. The molecular formula is C13H19BrN2O4. The number of quaternary nitrogens is 1. The van der Waals surface area contributed by atoms with Crippen LogP contribution in [0.4, 0.5) is 0 Å². The summed E-state index contributed by atoms with van der Waals surface area (Å²) in [6.07, 6.45) is 1.43. The Morgan fingerprint density at radius 1 is 1.25 bits per heavy atom. The molecule has 2 N–H and O–H groups in total. The van der Waals surface area contributed by atoms with E-state index in [-0.39, 0.29) is 22.5 Å². The van der Waals surface area contributed by atoms with Crippen molar-refractivity contribution in [3.8, 4) is 0 Å². The molecular weight excluding hydrogens is 328 g/mol. The van der Waals surface area contributed by atoms with Crippen LogP contribution < -0.4 is 17.0 Å². The molecule has 7 heteroatoms. The maximum atomic E-state index is 11.1. The third-order valence-corrected chi connectivity index (χ3v) is 3.37. The number of hydrogen-bond donors (Lipinski definition) is 2. The van der Waals surface area contributed by atoms with Crippen LogP contribution in [-0.2, 0) is 6.54 Å². The lowest BCUT2D eigenvalue weighted by Gasteiger charge is -2.34. The van der Waals surface area contributed by atoms with Crippen LogP contribution >= 0.6 is 0 Å². The number of aromatic carboxylic acids is 2. The SMILES string of the molecule is CC(C)[N+](C)(C)Cc1cnc(C(=O)O)c(C(=O)O)c1.[Br-]. The Morgan fingerprint density at radius 2 is 1.80 bits per heavy atom. The third kappa shape index (κ3) is 4.28. The van der Waals surface area contributed by atoms with Crippen molar-refractivity contribution >= 4 is 11.9 Å². The molecule has 0 aliphatic rings. The zero-order valence-electron chi connectivity index (χ0n) is 11.9. The van der Waals surface area contributed by atoms with Crippen molar-refractivity contribution in [1.29, 1.82) is 0 Å². The van der Waals surface area contributed by atoms with Gasteiger partial charge in [-0.3, -0.25) is 0 Å². The van der Waals surface area contributed by atoms with Crippen LogP contribution in [0.15, 0.2) is 12.3 Å². The van der Waals surface area contributed by atoms with E-state index in [2.05, 4.69) is 18.8 Å². The van der Waals surface area contributed by atoms with Crippen LogP contribution in [0.2, 0.25) is 0 Å². The van der Waals surface area contributed by atoms with Crippen LogP contribution in [0.3, 0.4) is 0 Å². The zero-order valence-corrected chi connectivity index (χ0v) is 13.5. The Morgan fingerprint density at radius 3 is 2.20 bits per heavy atom. The number of carbonyl (C=O) groups is 2. The van der Waals surface area contributed by atoms with Crippen LogP contribution in [0.25, 0.3) is 0 Å². The van der Waals surface area contributed by atoms with Crippen LogP contribution in [0, 0.1) is 0 Å². The number of pyridine rings is 1. The van der Waals surface area contributed by atoms with Crippen molar-refractivity contribution in [3.05, 3.63) is 29.1 Å². The topological polar surface area (TPSA) is 87.5 Å². The summed E-state index contributed by atoms with van der Waals surface area (Å²) in [5.74, 6) is -2.61. The number of halogens is 1. The monoisotopic (exact) mass is 346 g/mol. The average Bonchev–Trinajstić information content (AvgIpc) is 2.27. The molecule has 1 heterocycles. The average molecular weight is 347 g/mol. The first kappa shape index (κ1) is 18.5. The Hall–Kier alpha value is -1.47. The Kier molecular flexibility index (Phi) is 6.31. The van der Waals surface area contributed by atoms with Gasteiger partial charge in [-0.1, -0.05) is 0 Å². The van der Waals surface area contributed by atoms with Crippen LogP contribution in [0.1, 0.15) is 40.3 Å². The van der Waals surface area contributed by atoms with Gasteiger partial charge >= 0.3 is 11.9 Å². The first-order valence-electron chi connectivity index (χ1n) is 5.93. The minimum atomic E-state index is -1.33. The van der Waals surface area contributed by atoms with Crippen molar-refractivity contribution in [1.82, 2.24) is 4.98 Å². The van der Waals surface area contributed by atoms with E-state index < -0.39 is 17.6 Å². The maximum absolute atomic E-state index is 11.1. The molecule has 0 saturated heterocycles. The zero-order chi connectivity index (χ0) is 14.8. The summed E-state index contributed by atoms with van der Waals surface area (Å²) in [6.45, 7) is 4.72. The van der Waals surface area contributed by atoms with Gasteiger partial charge in [0, 0.05) is 11.8 Å². The molecule has 0 aliphatic carbocycles. The number of aromatic nitrogens is 1. The van der Waals surface area contributed by atoms with Gasteiger partial charge in [0.1, 0.15) is 6.54 Å². The van der Waals surface area contributed by atoms with Crippen molar-refractivity contribution in [2.24, 2.45) is 0 Å². The Labute approximate surface area is 128 Å². The fraction of sp³-hybridized carbons (Fsp3) is 0.462. The largest absolute Gasteiger partial charge is 1.00 e. The summed E-state index contributed by atoms with van der Waals surface area (Å²) < 4.78 is 0.660. The van der Waals surface area contributed by atoms with Crippen LogP contribution in [0.5, 0.6) is 0 Å². The molecule has 0 bridgehead atoms. The predicted molar refractivity (Wildman–Crippen MR) is 69.1 cm³/mol. The maximum Gasteiger partial charge on any atom is 0.355 e. The summed E-state index contributed by atoms with van der Waals surface area (Å²) in [7, 11) is 4.05. The molecule has 0 atom stereocenters. The summed E-state index contributed by atoms with van der Waals surface area (Å²) in [5, 5.41) is 17.9. The van der Waals surface area contributed by atoms with Gasteiger partial charge in [0.15, 0.2) is 5.69 Å². The van der Waals surface area contributed by atoms with Crippen molar-refractivity contribution in [3.63, 3.8) is 0 Å². The quantitative estimate of drug-likeness (QED) is 0.631. The van der Waals surface area contributed by atoms with E-state index in [9.17, 15) is 9.59 Å². The number of hydrogen-bond acceptors (Lipinski definition) is 3. The van der Waals surface area contributed by atoms with Gasteiger partial charge < -0.3 is 31.7 Å². The molecule has 0 aromatic carbocycles. The second-order valence-corrected chi connectivity index (χ2v) is 5.38. The first-order chi connectivity index (χ1) is 8.65. The minimum Gasteiger partial charge on any atom is -1.00 e. The third-order valence-electron chi connectivity index (χ3n) is 3.37. The molecule has 1 aromatic rings. The molecule has 0 spiro atoms. The van der Waals surface area contributed by atoms with E-state index in [0.29, 0.717) is 22.6 Å². The molecule has 1 rings (SSSR count). The second kappa shape index (κ2) is 6.81. The molecule has 0 aliphatic heterocycles. The predicted octanol–water partition coefficient (Wildman–Crippen LogP) is -1.53. The molecule has 0 fully saturated rings. The lowest BCUT2D eigenvalue weighted by Crippen LogP contribution is -3.00. The van der Waals surface area contributed by atoms with Crippen LogP contribution in [-0.4, -0.2) is 51.8 Å². The molecule has 112 valence electrons. The molecule has 0 amide bonds. The summed E-state index contributed by atoms with van der Waals surface area (Å²) in [5.41, 5.74) is 0.0148. The fourth-order valence-corrected chi connectivity index (χ4v) is 1.58. The van der Waals surface area contributed by atoms with E-state index in [1.165, 1.54) is 12.3 Å². The van der Waals surface area contributed by atoms with Crippen molar-refractivity contribution < 1.29 is 41.3 Å². The van der Waals surface area contributed by atoms with E-state index >= 15 is 0 Å². The van der Waals surface area contributed by atoms with E-state index in [1.54, 1.807) is 0 Å². The van der Waals surface area contributed by atoms with E-state index in [0.717, 1.165) is 0 Å². The summed E-state index contributed by atoms with van der Waals surface area (Å²) >= 11 is 0. The Balaban J connectivity index is 0.00000361. The smallest absolute Gasteiger partial charge is 0.355 e. The summed E-state index contributed by atoms with van der Waals surface area (Å²) in [6, 6.07) is 1.74. The van der Waals surface area contributed by atoms with Gasteiger partial charge in [-0.25, -0.2) is 14.6 Å². The van der Waals surface area contributed by atoms with Gasteiger partial charge in [-0.2, -0.15) is 0 Å². The molecule has 0 saturated carbocycles. The highest BCUT2D eigenvalue weighted by Gasteiger charge is 2.23. The molecule has 0 unspecified atom stereocenters. The number of carboxylic acids is 2. The van der Waals surface area contributed by atoms with Gasteiger partial charge in [-0.05, 0) is 19.9 Å². The van der Waals surface area contributed by atoms with Gasteiger partial charge in [0.2, 0.25) is 0 Å². The standard InChI is InChI=1S/C13H18N2O4.BrH/c1-8(2)15(3,4)7-9-5-10(12(16)17)11(13(18)19)14-6-9;/h5-6,8H,7H2,1-4H3,(H-,16,17,18,19);1H. The highest BCUT2D eigenvalue weighted by atomic mass is 79.9. The second-order valence-electron chi connectivity index (χ2n) is 5.38. The number of carboxylic acid groups (broad SMARTS) is 2. The highest BCUT2D eigenvalue weighted by molar-refractivity contribution is 6.00.